The molecule has 1 aromatic heterocycles. The lowest BCUT2D eigenvalue weighted by atomic mass is 10.4. The van der Waals surface area contributed by atoms with Crippen LogP contribution < -0.4 is 10.0 Å². The van der Waals surface area contributed by atoms with Crippen LogP contribution in [0.3, 0.4) is 0 Å². The molecule has 1 aliphatic rings. The lowest BCUT2D eigenvalue weighted by Gasteiger charge is -2.10. The number of aromatic nitrogens is 1. The van der Waals surface area contributed by atoms with Crippen LogP contribution >= 0.6 is 0 Å². The van der Waals surface area contributed by atoms with Crippen molar-refractivity contribution in [2.24, 2.45) is 5.92 Å². The van der Waals surface area contributed by atoms with Crippen molar-refractivity contribution in [3.05, 3.63) is 18.5 Å². The SMILES string of the molecule is CNc1ccncc1S(=O)(=O)NCCOCC1CC1. The van der Waals surface area contributed by atoms with Crippen LogP contribution in [0.5, 0.6) is 0 Å². The second-order valence-electron chi connectivity index (χ2n) is 4.54. The minimum Gasteiger partial charge on any atom is -0.387 e. The Bertz CT molecular complexity index is 515. The Balaban J connectivity index is 1.86. The van der Waals surface area contributed by atoms with E-state index >= 15 is 0 Å². The van der Waals surface area contributed by atoms with Gasteiger partial charge in [0.25, 0.3) is 0 Å². The molecule has 6 nitrogen and oxygen atoms in total. The van der Waals surface area contributed by atoms with Crippen LogP contribution in [0.1, 0.15) is 12.8 Å². The average Bonchev–Trinajstić information content (AvgIpc) is 3.22. The number of sulfonamides is 1. The minimum absolute atomic E-state index is 0.152. The maximum Gasteiger partial charge on any atom is 0.244 e. The molecule has 0 bridgehead atoms. The first-order valence-corrected chi connectivity index (χ1v) is 7.81. The van der Waals surface area contributed by atoms with Gasteiger partial charge in [0.05, 0.1) is 12.3 Å². The molecule has 106 valence electrons. The molecule has 0 aliphatic heterocycles. The van der Waals surface area contributed by atoms with Crippen molar-refractivity contribution in [3.8, 4) is 0 Å². The fourth-order valence-corrected chi connectivity index (χ4v) is 2.83. The van der Waals surface area contributed by atoms with Gasteiger partial charge in [0.1, 0.15) is 4.90 Å². The second-order valence-corrected chi connectivity index (χ2v) is 6.27. The molecule has 19 heavy (non-hydrogen) atoms. The van der Waals surface area contributed by atoms with Crippen molar-refractivity contribution in [1.82, 2.24) is 9.71 Å². The summed E-state index contributed by atoms with van der Waals surface area (Å²) in [7, 11) is -1.87. The summed E-state index contributed by atoms with van der Waals surface area (Å²) in [4.78, 5) is 4.00. The lowest BCUT2D eigenvalue weighted by molar-refractivity contribution is 0.129. The fourth-order valence-electron chi connectivity index (χ4n) is 1.66. The highest BCUT2D eigenvalue weighted by Gasteiger charge is 2.21. The van der Waals surface area contributed by atoms with Crippen LogP contribution in [0.15, 0.2) is 23.4 Å². The second kappa shape index (κ2) is 6.31. The highest BCUT2D eigenvalue weighted by molar-refractivity contribution is 7.89. The number of pyridine rings is 1. The molecule has 0 unspecified atom stereocenters. The third-order valence-corrected chi connectivity index (χ3v) is 4.42. The zero-order valence-corrected chi connectivity index (χ0v) is 11.7. The molecule has 0 saturated heterocycles. The van der Waals surface area contributed by atoms with Gasteiger partial charge in [-0.25, -0.2) is 13.1 Å². The van der Waals surface area contributed by atoms with E-state index in [9.17, 15) is 8.42 Å². The number of hydrogen-bond acceptors (Lipinski definition) is 5. The van der Waals surface area contributed by atoms with E-state index in [4.69, 9.17) is 4.74 Å². The van der Waals surface area contributed by atoms with Crippen LogP contribution in [-0.2, 0) is 14.8 Å². The van der Waals surface area contributed by atoms with E-state index in [2.05, 4.69) is 15.0 Å². The highest BCUT2D eigenvalue weighted by Crippen LogP contribution is 2.28. The molecule has 1 aromatic rings. The molecule has 0 aromatic carbocycles. The summed E-state index contributed by atoms with van der Waals surface area (Å²) < 4.78 is 32.0. The van der Waals surface area contributed by atoms with Gasteiger partial charge in [0.15, 0.2) is 0 Å². The minimum atomic E-state index is -3.54. The van der Waals surface area contributed by atoms with Gasteiger partial charge in [0.2, 0.25) is 10.0 Å². The van der Waals surface area contributed by atoms with E-state index in [1.165, 1.54) is 19.0 Å². The zero-order valence-electron chi connectivity index (χ0n) is 10.9. The largest absolute Gasteiger partial charge is 0.387 e. The number of ether oxygens (including phenoxy) is 1. The maximum atomic E-state index is 12.1. The predicted molar refractivity (Wildman–Crippen MR) is 72.5 cm³/mol. The van der Waals surface area contributed by atoms with Gasteiger partial charge in [-0.3, -0.25) is 4.98 Å². The highest BCUT2D eigenvalue weighted by atomic mass is 32.2. The first-order valence-electron chi connectivity index (χ1n) is 6.32. The van der Waals surface area contributed by atoms with E-state index in [-0.39, 0.29) is 11.4 Å². The van der Waals surface area contributed by atoms with Gasteiger partial charge in [-0.15, -0.1) is 0 Å². The third kappa shape index (κ3) is 4.15. The van der Waals surface area contributed by atoms with Crippen molar-refractivity contribution < 1.29 is 13.2 Å². The molecule has 1 fully saturated rings. The first-order chi connectivity index (χ1) is 9.13. The van der Waals surface area contributed by atoms with Gasteiger partial charge < -0.3 is 10.1 Å². The molecule has 2 N–H and O–H groups in total. The molecule has 7 heteroatoms. The molecule has 1 aliphatic carbocycles. The predicted octanol–water partition coefficient (Wildman–Crippen LogP) is 0.828. The molecular formula is C12H19N3O3S. The van der Waals surface area contributed by atoms with Gasteiger partial charge in [0, 0.05) is 32.6 Å². The van der Waals surface area contributed by atoms with E-state index < -0.39 is 10.0 Å². The Morgan fingerprint density at radius 1 is 1.47 bits per heavy atom. The van der Waals surface area contributed by atoms with Crippen molar-refractivity contribution in [1.29, 1.82) is 0 Å². The van der Waals surface area contributed by atoms with Crippen LogP contribution in [0.4, 0.5) is 5.69 Å². The normalized spacial score (nSPS) is 15.4. The van der Waals surface area contributed by atoms with Gasteiger partial charge in [-0.2, -0.15) is 0 Å². The van der Waals surface area contributed by atoms with Crippen molar-refractivity contribution in [3.63, 3.8) is 0 Å². The Hall–Kier alpha value is -1.18. The summed E-state index contributed by atoms with van der Waals surface area (Å²) in [6.45, 7) is 1.40. The Kier molecular flexibility index (Phi) is 4.73. The smallest absolute Gasteiger partial charge is 0.244 e. The number of nitrogens with one attached hydrogen (secondary N) is 2. The van der Waals surface area contributed by atoms with Crippen LogP contribution in [0.2, 0.25) is 0 Å². The topological polar surface area (TPSA) is 80.3 Å². The Morgan fingerprint density at radius 3 is 2.95 bits per heavy atom. The molecule has 0 radical (unpaired) electrons. The maximum absolute atomic E-state index is 12.1. The molecule has 1 saturated carbocycles. The number of rotatable bonds is 8. The molecule has 2 rings (SSSR count). The monoisotopic (exact) mass is 285 g/mol. The van der Waals surface area contributed by atoms with Crippen LogP contribution in [0, 0.1) is 5.92 Å². The number of hydrogen-bond donors (Lipinski definition) is 2. The zero-order chi connectivity index (χ0) is 13.7. The van der Waals surface area contributed by atoms with E-state index in [1.54, 1.807) is 19.3 Å². The molecule has 0 atom stereocenters. The van der Waals surface area contributed by atoms with Gasteiger partial charge >= 0.3 is 0 Å². The molecule has 0 amide bonds. The molecule has 1 heterocycles. The van der Waals surface area contributed by atoms with Crippen molar-refractivity contribution in [2.45, 2.75) is 17.7 Å². The first kappa shape index (κ1) is 14.2. The van der Waals surface area contributed by atoms with Gasteiger partial charge in [-0.1, -0.05) is 0 Å². The third-order valence-electron chi connectivity index (χ3n) is 2.93. The van der Waals surface area contributed by atoms with E-state index in [1.807, 2.05) is 0 Å². The average molecular weight is 285 g/mol. The Morgan fingerprint density at radius 2 is 2.26 bits per heavy atom. The summed E-state index contributed by atoms with van der Waals surface area (Å²) in [5, 5.41) is 2.84. The number of nitrogens with zero attached hydrogens (tertiary/aromatic N) is 1. The van der Waals surface area contributed by atoms with Gasteiger partial charge in [-0.05, 0) is 24.8 Å². The lowest BCUT2D eigenvalue weighted by Crippen LogP contribution is -2.28. The standard InChI is InChI=1S/C12H19N3O3S/c1-13-11-4-5-14-8-12(11)19(16,17)15-6-7-18-9-10-2-3-10/h4-5,8,10,15H,2-3,6-7,9H2,1H3,(H,13,14). The van der Waals surface area contributed by atoms with Crippen LogP contribution in [-0.4, -0.2) is 40.2 Å². The summed E-state index contributed by atoms with van der Waals surface area (Å²) in [5.41, 5.74) is 0.529. The fraction of sp³-hybridized carbons (Fsp3) is 0.583. The quantitative estimate of drug-likeness (QED) is 0.692. The summed E-state index contributed by atoms with van der Waals surface area (Å²) >= 11 is 0. The number of anilines is 1. The Labute approximate surface area is 113 Å². The summed E-state index contributed by atoms with van der Waals surface area (Å²) in [6, 6.07) is 1.62. The summed E-state index contributed by atoms with van der Waals surface area (Å²) in [6.07, 6.45) is 5.34. The van der Waals surface area contributed by atoms with E-state index in [0.717, 1.165) is 6.61 Å². The van der Waals surface area contributed by atoms with Crippen molar-refractivity contribution in [2.75, 3.05) is 32.1 Å². The van der Waals surface area contributed by atoms with Crippen molar-refractivity contribution >= 4 is 15.7 Å². The van der Waals surface area contributed by atoms with Crippen LogP contribution in [0.25, 0.3) is 0 Å². The van der Waals surface area contributed by atoms with E-state index in [0.29, 0.717) is 18.2 Å². The molecular weight excluding hydrogens is 266 g/mol. The molecule has 0 spiro atoms. The summed E-state index contributed by atoms with van der Waals surface area (Å²) in [5.74, 6) is 0.686.